The van der Waals surface area contributed by atoms with Gasteiger partial charge in [0.1, 0.15) is 0 Å². The fourth-order valence-corrected chi connectivity index (χ4v) is 4.02. The van der Waals surface area contributed by atoms with Crippen molar-refractivity contribution in [1.29, 1.82) is 0 Å². The van der Waals surface area contributed by atoms with Gasteiger partial charge in [-0.2, -0.15) is 0 Å². The molecule has 4 heteroatoms. The largest absolute Gasteiger partial charge is 0.317 e. The lowest BCUT2D eigenvalue weighted by Gasteiger charge is -2.42. The molecule has 1 N–H and O–H groups in total. The molecule has 2 fully saturated rings. The van der Waals surface area contributed by atoms with Crippen molar-refractivity contribution in [3.8, 4) is 0 Å². The van der Waals surface area contributed by atoms with E-state index in [2.05, 4.69) is 27.3 Å². The molecule has 2 saturated heterocycles. The fourth-order valence-electron chi connectivity index (χ4n) is 4.02. The van der Waals surface area contributed by atoms with E-state index in [1.807, 2.05) is 18.5 Å². The minimum atomic E-state index is 0.487. The number of fused-ring (bicyclic) bond motifs is 1. The highest BCUT2D eigenvalue weighted by molar-refractivity contribution is 5.77. The third kappa shape index (κ3) is 2.73. The van der Waals surface area contributed by atoms with Crippen LogP contribution < -0.4 is 5.32 Å². The highest BCUT2D eigenvalue weighted by atomic mass is 15.2. The molecular formula is C18H24N4. The maximum absolute atomic E-state index is 4.76. The van der Waals surface area contributed by atoms with Crippen molar-refractivity contribution in [2.24, 2.45) is 0 Å². The number of likely N-dealkylation sites (tertiary alicyclic amines) is 1. The molecule has 2 aromatic heterocycles. The molecule has 2 aromatic rings. The number of nitrogens with one attached hydrogen (secondary N) is 1. The lowest BCUT2D eigenvalue weighted by atomic mass is 9.93. The number of piperidine rings is 2. The monoisotopic (exact) mass is 296 g/mol. The quantitative estimate of drug-likeness (QED) is 0.925. The number of hydrogen-bond acceptors (Lipinski definition) is 4. The van der Waals surface area contributed by atoms with E-state index in [-0.39, 0.29) is 0 Å². The first-order chi connectivity index (χ1) is 10.9. The normalized spacial score (nSPS) is 24.6. The molecule has 4 nitrogen and oxygen atoms in total. The Balaban J connectivity index is 1.64. The van der Waals surface area contributed by atoms with Crippen LogP contribution in [0.3, 0.4) is 0 Å². The Labute approximate surface area is 131 Å². The third-order valence-electron chi connectivity index (χ3n) is 5.17. The van der Waals surface area contributed by atoms with E-state index >= 15 is 0 Å². The number of pyridine rings is 2. The Morgan fingerprint density at radius 3 is 2.91 bits per heavy atom. The fraction of sp³-hybridized carbons (Fsp3) is 0.556. The summed E-state index contributed by atoms with van der Waals surface area (Å²) < 4.78 is 0. The Morgan fingerprint density at radius 2 is 2.00 bits per heavy atom. The first-order valence-corrected chi connectivity index (χ1v) is 8.59. The van der Waals surface area contributed by atoms with E-state index in [4.69, 9.17) is 4.98 Å². The summed E-state index contributed by atoms with van der Waals surface area (Å²) in [7, 11) is 0. The Morgan fingerprint density at radius 1 is 1.09 bits per heavy atom. The van der Waals surface area contributed by atoms with Gasteiger partial charge in [0.2, 0.25) is 0 Å². The van der Waals surface area contributed by atoms with E-state index in [1.54, 1.807) is 0 Å². The van der Waals surface area contributed by atoms with Gasteiger partial charge >= 0.3 is 0 Å². The molecule has 116 valence electrons. The molecule has 0 amide bonds. The summed E-state index contributed by atoms with van der Waals surface area (Å²) in [5.74, 6) is 0. The van der Waals surface area contributed by atoms with E-state index < -0.39 is 0 Å². The maximum atomic E-state index is 4.76. The molecule has 1 unspecified atom stereocenters. The van der Waals surface area contributed by atoms with Gasteiger partial charge in [0.25, 0.3) is 0 Å². The van der Waals surface area contributed by atoms with Crippen LogP contribution in [0.15, 0.2) is 30.6 Å². The minimum absolute atomic E-state index is 0.487. The van der Waals surface area contributed by atoms with Crippen LogP contribution in [0.2, 0.25) is 0 Å². The zero-order valence-corrected chi connectivity index (χ0v) is 13.0. The summed E-state index contributed by atoms with van der Waals surface area (Å²) in [4.78, 5) is 11.9. The summed E-state index contributed by atoms with van der Waals surface area (Å²) in [5.41, 5.74) is 2.23. The van der Waals surface area contributed by atoms with Gasteiger partial charge in [-0.05, 0) is 57.5 Å². The summed E-state index contributed by atoms with van der Waals surface area (Å²) in [5, 5.41) is 4.69. The molecular weight excluding hydrogens is 272 g/mol. The summed E-state index contributed by atoms with van der Waals surface area (Å²) in [6.45, 7) is 3.54. The molecule has 4 heterocycles. The van der Waals surface area contributed by atoms with Crippen molar-refractivity contribution in [3.63, 3.8) is 0 Å². The van der Waals surface area contributed by atoms with E-state index in [0.717, 1.165) is 24.6 Å². The van der Waals surface area contributed by atoms with Crippen LogP contribution in [-0.2, 0) is 0 Å². The van der Waals surface area contributed by atoms with Crippen molar-refractivity contribution in [1.82, 2.24) is 20.2 Å². The van der Waals surface area contributed by atoms with Crippen LogP contribution in [0.25, 0.3) is 10.9 Å². The average molecular weight is 296 g/mol. The molecule has 1 atom stereocenters. The van der Waals surface area contributed by atoms with Gasteiger partial charge in [0.05, 0.1) is 23.4 Å². The molecule has 0 radical (unpaired) electrons. The lowest BCUT2D eigenvalue weighted by Crippen LogP contribution is -2.46. The van der Waals surface area contributed by atoms with E-state index in [0.29, 0.717) is 6.04 Å². The van der Waals surface area contributed by atoms with Gasteiger partial charge in [0, 0.05) is 17.6 Å². The molecule has 0 spiro atoms. The summed E-state index contributed by atoms with van der Waals surface area (Å²) >= 11 is 0. The van der Waals surface area contributed by atoms with Gasteiger partial charge in [0.15, 0.2) is 0 Å². The number of aromatic nitrogens is 2. The molecule has 0 aliphatic carbocycles. The van der Waals surface area contributed by atoms with Crippen molar-refractivity contribution >= 4 is 10.9 Å². The second-order valence-corrected chi connectivity index (χ2v) is 6.54. The van der Waals surface area contributed by atoms with Crippen molar-refractivity contribution < 1.29 is 0 Å². The Hall–Kier alpha value is -1.52. The standard InChI is InChI=1S/C18H24N4/c1-2-11-22(15-6-9-19-10-7-15)18(5-1)16-12-14-4-3-8-20-17(14)13-21-16/h3-4,8,12-13,15,18-19H,1-2,5-7,9-11H2. The van der Waals surface area contributed by atoms with Gasteiger partial charge in [-0.25, -0.2) is 0 Å². The molecule has 22 heavy (non-hydrogen) atoms. The summed E-state index contributed by atoms with van der Waals surface area (Å²) in [6, 6.07) is 7.62. The van der Waals surface area contributed by atoms with Gasteiger partial charge in [-0.1, -0.05) is 12.5 Å². The molecule has 4 rings (SSSR count). The molecule has 2 aliphatic heterocycles. The van der Waals surface area contributed by atoms with E-state index in [9.17, 15) is 0 Å². The number of nitrogens with zero attached hydrogens (tertiary/aromatic N) is 3. The van der Waals surface area contributed by atoms with Crippen LogP contribution in [0.5, 0.6) is 0 Å². The Bertz CT molecular complexity index is 636. The topological polar surface area (TPSA) is 41.1 Å². The first-order valence-electron chi connectivity index (χ1n) is 8.59. The average Bonchev–Trinajstić information content (AvgIpc) is 2.62. The van der Waals surface area contributed by atoms with Gasteiger partial charge < -0.3 is 5.32 Å². The third-order valence-corrected chi connectivity index (χ3v) is 5.17. The predicted molar refractivity (Wildman–Crippen MR) is 88.7 cm³/mol. The molecule has 2 aliphatic rings. The molecule has 0 aromatic carbocycles. The lowest BCUT2D eigenvalue weighted by molar-refractivity contribution is 0.0738. The summed E-state index contributed by atoms with van der Waals surface area (Å²) in [6.07, 6.45) is 10.2. The van der Waals surface area contributed by atoms with Crippen LogP contribution >= 0.6 is 0 Å². The highest BCUT2D eigenvalue weighted by Crippen LogP contribution is 2.34. The van der Waals surface area contributed by atoms with Crippen molar-refractivity contribution in [2.45, 2.75) is 44.2 Å². The number of rotatable bonds is 2. The van der Waals surface area contributed by atoms with Gasteiger partial charge in [-0.15, -0.1) is 0 Å². The van der Waals surface area contributed by atoms with Crippen molar-refractivity contribution in [3.05, 3.63) is 36.3 Å². The van der Waals surface area contributed by atoms with Crippen molar-refractivity contribution in [2.75, 3.05) is 19.6 Å². The predicted octanol–water partition coefficient (Wildman–Crippen LogP) is 2.91. The number of hydrogen-bond donors (Lipinski definition) is 1. The smallest absolute Gasteiger partial charge is 0.0885 e. The molecule has 0 saturated carbocycles. The van der Waals surface area contributed by atoms with Crippen LogP contribution in [0.4, 0.5) is 0 Å². The molecule has 0 bridgehead atoms. The second-order valence-electron chi connectivity index (χ2n) is 6.54. The second kappa shape index (κ2) is 6.31. The SMILES string of the molecule is c1cnc2cnc(C3CCCCN3C3CCNCC3)cc2c1. The minimum Gasteiger partial charge on any atom is -0.317 e. The first kappa shape index (κ1) is 14.1. The van der Waals surface area contributed by atoms with Crippen LogP contribution in [0, 0.1) is 0 Å². The zero-order chi connectivity index (χ0) is 14.8. The van der Waals surface area contributed by atoms with Crippen LogP contribution in [-0.4, -0.2) is 40.5 Å². The van der Waals surface area contributed by atoms with Gasteiger partial charge in [-0.3, -0.25) is 14.9 Å². The maximum Gasteiger partial charge on any atom is 0.0885 e. The van der Waals surface area contributed by atoms with E-state index in [1.165, 1.54) is 49.7 Å². The van der Waals surface area contributed by atoms with Crippen LogP contribution in [0.1, 0.15) is 43.8 Å². The Kier molecular flexibility index (Phi) is 4.04. The highest BCUT2D eigenvalue weighted by Gasteiger charge is 2.31. The zero-order valence-electron chi connectivity index (χ0n) is 13.0.